The second-order valence-electron chi connectivity index (χ2n) is 8.68. The molecule has 1 fully saturated rings. The molecular formula is C28H31NO7. The van der Waals surface area contributed by atoms with Crippen molar-refractivity contribution in [2.75, 3.05) is 33.5 Å². The molecule has 2 aliphatic rings. The van der Waals surface area contributed by atoms with Gasteiger partial charge in [-0.2, -0.15) is 0 Å². The van der Waals surface area contributed by atoms with E-state index >= 15 is 0 Å². The number of hydrogen-bond donors (Lipinski definition) is 1. The van der Waals surface area contributed by atoms with Gasteiger partial charge < -0.3 is 29.0 Å². The smallest absolute Gasteiger partial charge is 0.295 e. The number of fused-ring (bicyclic) bond motifs is 1. The number of amides is 1. The summed E-state index contributed by atoms with van der Waals surface area (Å²) >= 11 is 0. The Morgan fingerprint density at radius 2 is 2.00 bits per heavy atom. The van der Waals surface area contributed by atoms with Crippen molar-refractivity contribution in [2.45, 2.75) is 32.4 Å². The zero-order chi connectivity index (χ0) is 25.8. The molecule has 2 aromatic rings. The van der Waals surface area contributed by atoms with Crippen LogP contribution in [0, 0.1) is 0 Å². The number of Topliss-reactive ketones (excluding diaryl/α,β-unsaturated/α-hetero) is 1. The van der Waals surface area contributed by atoms with Crippen LogP contribution in [0.3, 0.4) is 0 Å². The molecule has 2 aromatic carbocycles. The molecule has 0 saturated carbocycles. The van der Waals surface area contributed by atoms with E-state index in [1.54, 1.807) is 36.4 Å². The van der Waals surface area contributed by atoms with Crippen LogP contribution in [0.4, 0.5) is 0 Å². The number of ether oxygens (including phenoxy) is 4. The Morgan fingerprint density at radius 1 is 1.19 bits per heavy atom. The molecule has 1 saturated heterocycles. The largest absolute Gasteiger partial charge is 0.507 e. The van der Waals surface area contributed by atoms with E-state index in [-0.39, 0.29) is 30.6 Å². The van der Waals surface area contributed by atoms with Gasteiger partial charge in [0.1, 0.15) is 24.2 Å². The number of aliphatic hydroxyl groups excluding tert-OH is 1. The molecule has 2 atom stereocenters. The Hall–Kier alpha value is -3.78. The second kappa shape index (κ2) is 10.9. The standard InChI is InChI=1S/C28H31NO7/c1-5-12-35-22-10-7-18(16-23(22)34-6-2)25-24(27(31)28(32)29(25)11-13-33-4)26(30)19-8-9-21-20(15-19)14-17(3)36-21/h5,7-10,15-17,25,30H,1,6,11-14H2,2-4H3. The van der Waals surface area contributed by atoms with Crippen molar-refractivity contribution in [3.05, 3.63) is 71.3 Å². The highest BCUT2D eigenvalue weighted by Crippen LogP contribution is 2.42. The van der Waals surface area contributed by atoms with Crippen molar-refractivity contribution in [3.63, 3.8) is 0 Å². The second-order valence-corrected chi connectivity index (χ2v) is 8.68. The van der Waals surface area contributed by atoms with Crippen LogP contribution in [0.2, 0.25) is 0 Å². The summed E-state index contributed by atoms with van der Waals surface area (Å²) in [5, 5.41) is 11.4. The minimum absolute atomic E-state index is 0.0187. The van der Waals surface area contributed by atoms with E-state index in [1.165, 1.54) is 12.0 Å². The fraction of sp³-hybridized carbons (Fsp3) is 0.357. The first-order valence-electron chi connectivity index (χ1n) is 12.0. The fourth-order valence-electron chi connectivity index (χ4n) is 4.60. The SMILES string of the molecule is C=CCOc1ccc(C2C(=C(O)c3ccc4c(c3)CC(C)O4)C(=O)C(=O)N2CCOC)cc1OCC. The molecule has 8 nitrogen and oxygen atoms in total. The van der Waals surface area contributed by atoms with Crippen LogP contribution in [0.15, 0.2) is 54.6 Å². The minimum atomic E-state index is -0.823. The topological polar surface area (TPSA) is 94.5 Å². The summed E-state index contributed by atoms with van der Waals surface area (Å²) in [7, 11) is 1.53. The molecule has 1 amide bonds. The maximum Gasteiger partial charge on any atom is 0.295 e. The molecule has 0 aliphatic carbocycles. The predicted molar refractivity (Wildman–Crippen MR) is 134 cm³/mol. The molecule has 0 bridgehead atoms. The van der Waals surface area contributed by atoms with Crippen molar-refractivity contribution in [1.82, 2.24) is 4.90 Å². The van der Waals surface area contributed by atoms with E-state index in [0.29, 0.717) is 42.3 Å². The Labute approximate surface area is 210 Å². The highest BCUT2D eigenvalue weighted by atomic mass is 16.5. The lowest BCUT2D eigenvalue weighted by Crippen LogP contribution is -2.32. The average molecular weight is 494 g/mol. The molecule has 190 valence electrons. The molecule has 0 aromatic heterocycles. The van der Waals surface area contributed by atoms with E-state index in [0.717, 1.165) is 11.3 Å². The van der Waals surface area contributed by atoms with Gasteiger partial charge in [-0.3, -0.25) is 9.59 Å². The highest BCUT2D eigenvalue weighted by Gasteiger charge is 2.46. The molecule has 2 heterocycles. The van der Waals surface area contributed by atoms with Gasteiger partial charge >= 0.3 is 0 Å². The maximum absolute atomic E-state index is 13.2. The van der Waals surface area contributed by atoms with Crippen LogP contribution >= 0.6 is 0 Å². The average Bonchev–Trinajstić information content (AvgIpc) is 3.37. The monoisotopic (exact) mass is 493 g/mol. The summed E-state index contributed by atoms with van der Waals surface area (Å²) in [6.45, 7) is 8.60. The predicted octanol–water partition coefficient (Wildman–Crippen LogP) is 4.04. The third-order valence-electron chi connectivity index (χ3n) is 6.19. The van der Waals surface area contributed by atoms with Crippen LogP contribution in [-0.2, 0) is 20.7 Å². The third-order valence-corrected chi connectivity index (χ3v) is 6.19. The lowest BCUT2D eigenvalue weighted by atomic mass is 9.94. The van der Waals surface area contributed by atoms with Crippen LogP contribution in [-0.4, -0.2) is 61.3 Å². The van der Waals surface area contributed by atoms with E-state index in [1.807, 2.05) is 19.9 Å². The molecule has 36 heavy (non-hydrogen) atoms. The molecule has 2 aliphatic heterocycles. The number of aliphatic hydroxyl groups is 1. The zero-order valence-corrected chi connectivity index (χ0v) is 20.8. The van der Waals surface area contributed by atoms with Gasteiger partial charge in [-0.25, -0.2) is 0 Å². The number of nitrogens with zero attached hydrogens (tertiary/aromatic N) is 1. The zero-order valence-electron chi connectivity index (χ0n) is 20.8. The van der Waals surface area contributed by atoms with Gasteiger partial charge in [0.15, 0.2) is 11.5 Å². The van der Waals surface area contributed by atoms with Gasteiger partial charge in [-0.15, -0.1) is 0 Å². The number of likely N-dealkylation sites (tertiary alicyclic amines) is 1. The number of methoxy groups -OCH3 is 1. The lowest BCUT2D eigenvalue weighted by molar-refractivity contribution is -0.140. The Bertz CT molecular complexity index is 1200. The Balaban J connectivity index is 1.83. The molecular weight excluding hydrogens is 462 g/mol. The molecule has 4 rings (SSSR count). The summed E-state index contributed by atoms with van der Waals surface area (Å²) in [6, 6.07) is 9.70. The fourth-order valence-corrected chi connectivity index (χ4v) is 4.60. The van der Waals surface area contributed by atoms with Crippen molar-refractivity contribution >= 4 is 17.4 Å². The summed E-state index contributed by atoms with van der Waals surface area (Å²) in [5.74, 6) is 0.0726. The van der Waals surface area contributed by atoms with E-state index in [9.17, 15) is 14.7 Å². The molecule has 1 N–H and O–H groups in total. The van der Waals surface area contributed by atoms with Gasteiger partial charge in [0.05, 0.1) is 24.8 Å². The van der Waals surface area contributed by atoms with Crippen LogP contribution in [0.25, 0.3) is 5.76 Å². The first-order valence-corrected chi connectivity index (χ1v) is 12.0. The number of rotatable bonds is 10. The Kier molecular flexibility index (Phi) is 7.64. The highest BCUT2D eigenvalue weighted by molar-refractivity contribution is 6.46. The van der Waals surface area contributed by atoms with E-state index in [2.05, 4.69) is 6.58 Å². The van der Waals surface area contributed by atoms with Gasteiger partial charge in [-0.1, -0.05) is 18.7 Å². The van der Waals surface area contributed by atoms with E-state index in [4.69, 9.17) is 18.9 Å². The number of ketones is 1. The van der Waals surface area contributed by atoms with Crippen molar-refractivity contribution in [1.29, 1.82) is 0 Å². The number of hydrogen-bond acceptors (Lipinski definition) is 7. The first kappa shape index (κ1) is 25.3. The van der Waals surface area contributed by atoms with Gasteiger partial charge in [-0.05, 0) is 55.3 Å². The third kappa shape index (κ3) is 4.81. The summed E-state index contributed by atoms with van der Waals surface area (Å²) in [4.78, 5) is 27.7. The molecule has 0 spiro atoms. The summed E-state index contributed by atoms with van der Waals surface area (Å²) in [5.41, 5.74) is 2.03. The van der Waals surface area contributed by atoms with Crippen LogP contribution < -0.4 is 14.2 Å². The first-order chi connectivity index (χ1) is 17.4. The molecule has 0 radical (unpaired) electrons. The van der Waals surface area contributed by atoms with Crippen molar-refractivity contribution in [2.24, 2.45) is 0 Å². The number of carbonyl (C=O) groups is 2. The van der Waals surface area contributed by atoms with Crippen molar-refractivity contribution in [3.8, 4) is 17.2 Å². The van der Waals surface area contributed by atoms with Crippen LogP contribution in [0.1, 0.15) is 36.6 Å². The van der Waals surface area contributed by atoms with E-state index < -0.39 is 17.7 Å². The number of carbonyl (C=O) groups excluding carboxylic acids is 2. The van der Waals surface area contributed by atoms with Crippen LogP contribution in [0.5, 0.6) is 17.2 Å². The molecule has 2 unspecified atom stereocenters. The van der Waals surface area contributed by atoms with Crippen molar-refractivity contribution < 1.29 is 33.6 Å². The number of benzene rings is 2. The summed E-state index contributed by atoms with van der Waals surface area (Å²) < 4.78 is 22.4. The summed E-state index contributed by atoms with van der Waals surface area (Å²) in [6.07, 6.45) is 2.37. The lowest BCUT2D eigenvalue weighted by Gasteiger charge is -2.26. The normalized spacial score (nSPS) is 20.2. The minimum Gasteiger partial charge on any atom is -0.507 e. The quantitative estimate of drug-likeness (QED) is 0.231. The maximum atomic E-state index is 13.2. The molecule has 8 heteroatoms. The van der Waals surface area contributed by atoms with Gasteiger partial charge in [0, 0.05) is 25.6 Å². The van der Waals surface area contributed by atoms with Gasteiger partial charge in [0.2, 0.25) is 0 Å². The Morgan fingerprint density at radius 3 is 2.72 bits per heavy atom. The van der Waals surface area contributed by atoms with Gasteiger partial charge in [0.25, 0.3) is 11.7 Å².